The second kappa shape index (κ2) is 5.69. The molecule has 3 rings (SSSR count). The van der Waals surface area contributed by atoms with Gasteiger partial charge in [-0.05, 0) is 41.0 Å². The van der Waals surface area contributed by atoms with E-state index in [9.17, 15) is 9.90 Å². The summed E-state index contributed by atoms with van der Waals surface area (Å²) >= 11 is 0. The SMILES string of the molecule is NC(=O)c1cc(-c2ccccc2)cc(-c2ccncc2)c1O. The highest BCUT2D eigenvalue weighted by Crippen LogP contribution is 2.36. The Kier molecular flexibility index (Phi) is 3.58. The Balaban J connectivity index is 2.26. The summed E-state index contributed by atoms with van der Waals surface area (Å²) in [5.74, 6) is -0.774. The zero-order valence-corrected chi connectivity index (χ0v) is 11.7. The molecule has 0 aliphatic heterocycles. The Bertz CT molecular complexity index is 815. The first-order valence-corrected chi connectivity index (χ1v) is 6.79. The molecule has 4 heteroatoms. The average molecular weight is 290 g/mol. The van der Waals surface area contributed by atoms with Gasteiger partial charge in [0.15, 0.2) is 0 Å². The molecule has 0 unspecified atom stereocenters. The van der Waals surface area contributed by atoms with Gasteiger partial charge in [0.2, 0.25) is 0 Å². The number of phenols is 1. The predicted octanol–water partition coefficient (Wildman–Crippen LogP) is 3.22. The fraction of sp³-hybridized carbons (Fsp3) is 0. The molecule has 1 amide bonds. The third kappa shape index (κ3) is 2.54. The van der Waals surface area contributed by atoms with Crippen molar-refractivity contribution in [1.29, 1.82) is 0 Å². The van der Waals surface area contributed by atoms with Crippen molar-refractivity contribution in [3.05, 3.63) is 72.6 Å². The van der Waals surface area contributed by atoms with E-state index in [1.165, 1.54) is 0 Å². The molecule has 0 spiro atoms. The standard InChI is InChI=1S/C18H14N2O2/c19-18(22)16-11-14(12-4-2-1-3-5-12)10-15(17(16)21)13-6-8-20-9-7-13/h1-11,21H,(H2,19,22). The molecule has 0 aliphatic rings. The Labute approximate surface area is 127 Å². The Morgan fingerprint density at radius 3 is 2.23 bits per heavy atom. The van der Waals surface area contributed by atoms with Crippen molar-refractivity contribution >= 4 is 5.91 Å². The van der Waals surface area contributed by atoms with Crippen LogP contribution in [0.5, 0.6) is 5.75 Å². The lowest BCUT2D eigenvalue weighted by molar-refractivity contribution is 0.0998. The minimum Gasteiger partial charge on any atom is -0.506 e. The van der Waals surface area contributed by atoms with Gasteiger partial charge in [0, 0.05) is 18.0 Å². The first kappa shape index (κ1) is 13.8. The number of carbonyl (C=O) groups is 1. The molecule has 0 aliphatic carbocycles. The quantitative estimate of drug-likeness (QED) is 0.777. The summed E-state index contributed by atoms with van der Waals surface area (Å²) in [6.45, 7) is 0. The molecular weight excluding hydrogens is 276 g/mol. The zero-order chi connectivity index (χ0) is 15.5. The molecule has 3 aromatic rings. The third-order valence-corrected chi connectivity index (χ3v) is 3.47. The van der Waals surface area contributed by atoms with E-state index >= 15 is 0 Å². The summed E-state index contributed by atoms with van der Waals surface area (Å²) in [5.41, 5.74) is 8.59. The maximum absolute atomic E-state index is 11.6. The largest absolute Gasteiger partial charge is 0.506 e. The van der Waals surface area contributed by atoms with Crippen LogP contribution in [0.4, 0.5) is 0 Å². The second-order valence-electron chi connectivity index (χ2n) is 4.89. The van der Waals surface area contributed by atoms with Crippen LogP contribution in [0.1, 0.15) is 10.4 Å². The fourth-order valence-electron chi connectivity index (χ4n) is 2.37. The summed E-state index contributed by atoms with van der Waals surface area (Å²) in [4.78, 5) is 15.6. The number of benzene rings is 2. The Morgan fingerprint density at radius 1 is 0.909 bits per heavy atom. The van der Waals surface area contributed by atoms with E-state index < -0.39 is 5.91 Å². The van der Waals surface area contributed by atoms with Crippen molar-refractivity contribution < 1.29 is 9.90 Å². The number of aromatic nitrogens is 1. The second-order valence-corrected chi connectivity index (χ2v) is 4.89. The third-order valence-electron chi connectivity index (χ3n) is 3.47. The van der Waals surface area contributed by atoms with Gasteiger partial charge in [-0.3, -0.25) is 9.78 Å². The van der Waals surface area contributed by atoms with Crippen molar-refractivity contribution in [2.75, 3.05) is 0 Å². The molecule has 2 aromatic carbocycles. The summed E-state index contributed by atoms with van der Waals surface area (Å²) in [5, 5.41) is 10.4. The van der Waals surface area contributed by atoms with Crippen LogP contribution in [-0.2, 0) is 0 Å². The summed E-state index contributed by atoms with van der Waals surface area (Å²) in [6.07, 6.45) is 3.27. The van der Waals surface area contributed by atoms with Gasteiger partial charge in [-0.2, -0.15) is 0 Å². The van der Waals surface area contributed by atoms with Crippen molar-refractivity contribution in [3.63, 3.8) is 0 Å². The number of primary amides is 1. The average Bonchev–Trinajstić information content (AvgIpc) is 2.56. The van der Waals surface area contributed by atoms with E-state index in [-0.39, 0.29) is 11.3 Å². The zero-order valence-electron chi connectivity index (χ0n) is 11.7. The topological polar surface area (TPSA) is 76.2 Å². The first-order valence-electron chi connectivity index (χ1n) is 6.79. The molecular formula is C18H14N2O2. The highest BCUT2D eigenvalue weighted by Gasteiger charge is 2.16. The lowest BCUT2D eigenvalue weighted by Crippen LogP contribution is -2.11. The Hall–Kier alpha value is -3.14. The molecule has 0 radical (unpaired) electrons. The van der Waals surface area contributed by atoms with Crippen molar-refractivity contribution in [1.82, 2.24) is 4.98 Å². The van der Waals surface area contributed by atoms with Gasteiger partial charge < -0.3 is 10.8 Å². The van der Waals surface area contributed by atoms with Crippen LogP contribution in [-0.4, -0.2) is 16.0 Å². The summed E-state index contributed by atoms with van der Waals surface area (Å²) in [6, 6.07) is 16.6. The van der Waals surface area contributed by atoms with Crippen molar-refractivity contribution in [2.45, 2.75) is 0 Å². The molecule has 4 nitrogen and oxygen atoms in total. The lowest BCUT2D eigenvalue weighted by Gasteiger charge is -2.12. The van der Waals surface area contributed by atoms with Gasteiger partial charge in [0.1, 0.15) is 5.75 Å². The van der Waals surface area contributed by atoms with E-state index in [1.807, 2.05) is 36.4 Å². The number of hydrogen-bond donors (Lipinski definition) is 2. The van der Waals surface area contributed by atoms with Crippen LogP contribution in [0.3, 0.4) is 0 Å². The number of rotatable bonds is 3. The summed E-state index contributed by atoms with van der Waals surface area (Å²) < 4.78 is 0. The van der Waals surface area contributed by atoms with Crippen LogP contribution in [0, 0.1) is 0 Å². The van der Waals surface area contributed by atoms with Gasteiger partial charge in [0.25, 0.3) is 5.91 Å². The molecule has 0 atom stereocenters. The highest BCUT2D eigenvalue weighted by atomic mass is 16.3. The lowest BCUT2D eigenvalue weighted by atomic mass is 9.95. The molecule has 22 heavy (non-hydrogen) atoms. The predicted molar refractivity (Wildman–Crippen MR) is 85.3 cm³/mol. The molecule has 3 N–H and O–H groups in total. The van der Waals surface area contributed by atoms with E-state index in [0.717, 1.165) is 16.7 Å². The van der Waals surface area contributed by atoms with Crippen LogP contribution in [0.2, 0.25) is 0 Å². The van der Waals surface area contributed by atoms with E-state index in [2.05, 4.69) is 4.98 Å². The number of amides is 1. The smallest absolute Gasteiger partial charge is 0.252 e. The van der Waals surface area contributed by atoms with Crippen LogP contribution < -0.4 is 5.73 Å². The summed E-state index contributed by atoms with van der Waals surface area (Å²) in [7, 11) is 0. The van der Waals surface area contributed by atoms with E-state index in [4.69, 9.17) is 5.73 Å². The molecule has 108 valence electrons. The minimum atomic E-state index is -0.661. The fourth-order valence-corrected chi connectivity index (χ4v) is 2.37. The maximum atomic E-state index is 11.6. The monoisotopic (exact) mass is 290 g/mol. The highest BCUT2D eigenvalue weighted by molar-refractivity contribution is 6.00. The van der Waals surface area contributed by atoms with Crippen LogP contribution in [0.25, 0.3) is 22.3 Å². The van der Waals surface area contributed by atoms with E-state index in [1.54, 1.807) is 30.6 Å². The molecule has 0 saturated heterocycles. The first-order chi connectivity index (χ1) is 10.7. The van der Waals surface area contributed by atoms with Gasteiger partial charge >= 0.3 is 0 Å². The number of pyridine rings is 1. The Morgan fingerprint density at radius 2 is 1.59 bits per heavy atom. The number of hydrogen-bond acceptors (Lipinski definition) is 3. The minimum absolute atomic E-state index is 0.105. The molecule has 1 heterocycles. The molecule has 1 aromatic heterocycles. The van der Waals surface area contributed by atoms with Crippen LogP contribution >= 0.6 is 0 Å². The van der Waals surface area contributed by atoms with Gasteiger partial charge in [0.05, 0.1) is 5.56 Å². The normalized spacial score (nSPS) is 10.4. The molecule has 0 saturated carbocycles. The van der Waals surface area contributed by atoms with Crippen molar-refractivity contribution in [3.8, 4) is 28.0 Å². The van der Waals surface area contributed by atoms with Gasteiger partial charge in [-0.15, -0.1) is 0 Å². The van der Waals surface area contributed by atoms with Crippen molar-refractivity contribution in [2.24, 2.45) is 5.73 Å². The van der Waals surface area contributed by atoms with Crippen LogP contribution in [0.15, 0.2) is 67.0 Å². The number of nitrogens with zero attached hydrogens (tertiary/aromatic N) is 1. The maximum Gasteiger partial charge on any atom is 0.252 e. The van der Waals surface area contributed by atoms with Gasteiger partial charge in [-0.1, -0.05) is 30.3 Å². The molecule has 0 fully saturated rings. The number of aromatic hydroxyl groups is 1. The number of nitrogens with two attached hydrogens (primary N) is 1. The van der Waals surface area contributed by atoms with Gasteiger partial charge in [-0.25, -0.2) is 0 Å². The molecule has 0 bridgehead atoms. The number of carbonyl (C=O) groups excluding carboxylic acids is 1. The van der Waals surface area contributed by atoms with E-state index in [0.29, 0.717) is 5.56 Å².